The molecular weight excluding hydrogens is 278 g/mol. The molecule has 0 unspecified atom stereocenters. The average Bonchev–Trinajstić information content (AvgIpc) is 2.73. The van der Waals surface area contributed by atoms with Crippen molar-refractivity contribution in [1.82, 2.24) is 9.55 Å². The SMILES string of the molecule is Cc1nc(/C=C/c2ccc(N(C)CCS)cc2)n(C)c1C. The van der Waals surface area contributed by atoms with Gasteiger partial charge in [-0.1, -0.05) is 18.2 Å². The zero-order valence-corrected chi connectivity index (χ0v) is 14.1. The van der Waals surface area contributed by atoms with Crippen LogP contribution < -0.4 is 4.90 Å². The van der Waals surface area contributed by atoms with Crippen molar-refractivity contribution in [2.75, 3.05) is 24.2 Å². The lowest BCUT2D eigenvalue weighted by Crippen LogP contribution is -2.19. The molecule has 0 saturated heterocycles. The molecule has 1 heterocycles. The number of aryl methyl sites for hydroxylation is 1. The van der Waals surface area contributed by atoms with Gasteiger partial charge in [0.25, 0.3) is 0 Å². The van der Waals surface area contributed by atoms with Gasteiger partial charge in [0, 0.05) is 37.8 Å². The van der Waals surface area contributed by atoms with E-state index in [1.54, 1.807) is 0 Å². The fraction of sp³-hybridized carbons (Fsp3) is 0.353. The van der Waals surface area contributed by atoms with Crippen LogP contribution in [0.2, 0.25) is 0 Å². The molecule has 1 aromatic carbocycles. The highest BCUT2D eigenvalue weighted by molar-refractivity contribution is 7.80. The first-order valence-corrected chi connectivity index (χ1v) is 7.76. The Bertz CT molecular complexity index is 626. The first-order chi connectivity index (χ1) is 10.0. The van der Waals surface area contributed by atoms with Gasteiger partial charge in [-0.3, -0.25) is 0 Å². The van der Waals surface area contributed by atoms with Crippen molar-refractivity contribution in [2.45, 2.75) is 13.8 Å². The van der Waals surface area contributed by atoms with E-state index in [2.05, 4.69) is 77.5 Å². The van der Waals surface area contributed by atoms with Crippen LogP contribution in [-0.2, 0) is 7.05 Å². The smallest absolute Gasteiger partial charge is 0.132 e. The highest BCUT2D eigenvalue weighted by Gasteiger charge is 2.04. The highest BCUT2D eigenvalue weighted by atomic mass is 32.1. The van der Waals surface area contributed by atoms with E-state index in [1.165, 1.54) is 16.9 Å². The van der Waals surface area contributed by atoms with Gasteiger partial charge in [0.05, 0.1) is 5.69 Å². The molecule has 4 heteroatoms. The molecule has 0 atom stereocenters. The van der Waals surface area contributed by atoms with Crippen molar-refractivity contribution in [3.63, 3.8) is 0 Å². The third-order valence-corrected chi connectivity index (χ3v) is 4.05. The molecule has 1 aromatic heterocycles. The third-order valence-electron chi connectivity index (χ3n) is 3.85. The van der Waals surface area contributed by atoms with Gasteiger partial charge in [0.1, 0.15) is 5.82 Å². The molecule has 0 aliphatic rings. The van der Waals surface area contributed by atoms with Crippen molar-refractivity contribution in [1.29, 1.82) is 0 Å². The van der Waals surface area contributed by atoms with E-state index in [1.807, 2.05) is 14.0 Å². The summed E-state index contributed by atoms with van der Waals surface area (Å²) in [4.78, 5) is 6.75. The van der Waals surface area contributed by atoms with Crippen LogP contribution in [0.5, 0.6) is 0 Å². The van der Waals surface area contributed by atoms with Crippen molar-refractivity contribution in [3.05, 3.63) is 47.0 Å². The fourth-order valence-corrected chi connectivity index (χ4v) is 2.48. The number of aromatic nitrogens is 2. The molecule has 112 valence electrons. The number of anilines is 1. The Morgan fingerprint density at radius 2 is 1.86 bits per heavy atom. The molecule has 0 saturated carbocycles. The van der Waals surface area contributed by atoms with E-state index in [-0.39, 0.29) is 0 Å². The molecule has 0 aliphatic heterocycles. The second-order valence-electron chi connectivity index (χ2n) is 5.27. The van der Waals surface area contributed by atoms with Crippen molar-refractivity contribution in [2.24, 2.45) is 7.05 Å². The third kappa shape index (κ3) is 3.70. The lowest BCUT2D eigenvalue weighted by molar-refractivity contribution is 0.859. The van der Waals surface area contributed by atoms with Gasteiger partial charge >= 0.3 is 0 Å². The average molecular weight is 301 g/mol. The van der Waals surface area contributed by atoms with E-state index in [0.717, 1.165) is 23.8 Å². The van der Waals surface area contributed by atoms with Crippen LogP contribution in [-0.4, -0.2) is 28.9 Å². The topological polar surface area (TPSA) is 21.1 Å². The summed E-state index contributed by atoms with van der Waals surface area (Å²) < 4.78 is 2.11. The Morgan fingerprint density at radius 1 is 1.19 bits per heavy atom. The molecule has 2 aromatic rings. The first-order valence-electron chi connectivity index (χ1n) is 7.13. The fourth-order valence-electron chi connectivity index (χ4n) is 2.18. The number of hydrogen-bond acceptors (Lipinski definition) is 3. The Kier molecular flexibility index (Phi) is 5.12. The Morgan fingerprint density at radius 3 is 2.38 bits per heavy atom. The lowest BCUT2D eigenvalue weighted by atomic mass is 10.2. The number of nitrogens with zero attached hydrogens (tertiary/aromatic N) is 3. The van der Waals surface area contributed by atoms with Crippen LogP contribution >= 0.6 is 12.6 Å². The number of imidazole rings is 1. The van der Waals surface area contributed by atoms with Crippen molar-refractivity contribution in [3.8, 4) is 0 Å². The maximum absolute atomic E-state index is 4.55. The van der Waals surface area contributed by atoms with Gasteiger partial charge in [-0.05, 0) is 37.6 Å². The van der Waals surface area contributed by atoms with Gasteiger partial charge in [-0.25, -0.2) is 4.98 Å². The molecule has 0 bridgehead atoms. The van der Waals surface area contributed by atoms with Crippen LogP contribution in [0.25, 0.3) is 12.2 Å². The van der Waals surface area contributed by atoms with E-state index >= 15 is 0 Å². The van der Waals surface area contributed by atoms with Gasteiger partial charge in [-0.2, -0.15) is 12.6 Å². The molecule has 0 fully saturated rings. The number of hydrogen-bond donors (Lipinski definition) is 1. The molecule has 0 radical (unpaired) electrons. The van der Waals surface area contributed by atoms with E-state index < -0.39 is 0 Å². The predicted octanol–water partition coefficient (Wildman–Crippen LogP) is 3.57. The van der Waals surface area contributed by atoms with Gasteiger partial charge < -0.3 is 9.47 Å². The molecule has 0 aliphatic carbocycles. The number of rotatable bonds is 5. The van der Waals surface area contributed by atoms with Crippen LogP contribution in [0.1, 0.15) is 22.8 Å². The predicted molar refractivity (Wildman–Crippen MR) is 95.2 cm³/mol. The van der Waals surface area contributed by atoms with Crippen molar-refractivity contribution < 1.29 is 0 Å². The van der Waals surface area contributed by atoms with E-state index in [9.17, 15) is 0 Å². The summed E-state index contributed by atoms with van der Waals surface area (Å²) in [6, 6.07) is 8.53. The Balaban J connectivity index is 2.12. The molecular formula is C17H23N3S. The minimum Gasteiger partial charge on any atom is -0.374 e. The van der Waals surface area contributed by atoms with Crippen molar-refractivity contribution >= 4 is 30.5 Å². The lowest BCUT2D eigenvalue weighted by Gasteiger charge is -2.17. The van der Waals surface area contributed by atoms with Gasteiger partial charge in [-0.15, -0.1) is 0 Å². The quantitative estimate of drug-likeness (QED) is 0.852. The monoisotopic (exact) mass is 301 g/mol. The standard InChI is InChI=1S/C17H23N3S/c1-13-14(2)20(4)17(18-13)10-7-15-5-8-16(9-6-15)19(3)11-12-21/h5-10,21H,11-12H2,1-4H3/b10-7+. The Labute approximate surface area is 132 Å². The summed E-state index contributed by atoms with van der Waals surface area (Å²) in [6.07, 6.45) is 4.16. The van der Waals surface area contributed by atoms with E-state index in [0.29, 0.717) is 0 Å². The molecule has 0 amide bonds. The first kappa shape index (κ1) is 15.7. The van der Waals surface area contributed by atoms with E-state index in [4.69, 9.17) is 0 Å². The zero-order chi connectivity index (χ0) is 15.4. The summed E-state index contributed by atoms with van der Waals surface area (Å²) in [5.41, 5.74) is 4.68. The van der Waals surface area contributed by atoms with Crippen LogP contribution in [0.4, 0.5) is 5.69 Å². The second kappa shape index (κ2) is 6.85. The summed E-state index contributed by atoms with van der Waals surface area (Å²) >= 11 is 4.26. The van der Waals surface area contributed by atoms with Gasteiger partial charge in [0.15, 0.2) is 0 Å². The summed E-state index contributed by atoms with van der Waals surface area (Å²) in [5, 5.41) is 0. The van der Waals surface area contributed by atoms with Crippen LogP contribution in [0.3, 0.4) is 0 Å². The van der Waals surface area contributed by atoms with Crippen LogP contribution in [0, 0.1) is 13.8 Å². The highest BCUT2D eigenvalue weighted by Crippen LogP contribution is 2.16. The Hall–Kier alpha value is -1.68. The van der Waals surface area contributed by atoms with Crippen LogP contribution in [0.15, 0.2) is 24.3 Å². The maximum atomic E-state index is 4.55. The minimum atomic E-state index is 0.857. The molecule has 21 heavy (non-hydrogen) atoms. The number of benzene rings is 1. The molecule has 0 spiro atoms. The maximum Gasteiger partial charge on any atom is 0.132 e. The molecule has 2 rings (SSSR count). The second-order valence-corrected chi connectivity index (χ2v) is 5.72. The molecule has 3 nitrogen and oxygen atoms in total. The largest absolute Gasteiger partial charge is 0.374 e. The van der Waals surface area contributed by atoms with Gasteiger partial charge in [0.2, 0.25) is 0 Å². The zero-order valence-electron chi connectivity index (χ0n) is 13.2. The normalized spacial score (nSPS) is 11.3. The summed E-state index contributed by atoms with van der Waals surface area (Å²) in [6.45, 7) is 5.08. The summed E-state index contributed by atoms with van der Waals surface area (Å²) in [5.74, 6) is 1.84. The minimum absolute atomic E-state index is 0.857. The summed E-state index contributed by atoms with van der Waals surface area (Å²) in [7, 11) is 4.13. The number of thiol groups is 1. The molecule has 0 N–H and O–H groups in total.